The molecule has 1 aliphatic rings. The van der Waals surface area contributed by atoms with Crippen molar-refractivity contribution in [3.05, 3.63) is 52.3 Å². The molecule has 0 radical (unpaired) electrons. The van der Waals surface area contributed by atoms with Gasteiger partial charge in [0.15, 0.2) is 5.65 Å². The second kappa shape index (κ2) is 5.59. The monoisotopic (exact) mass is 393 g/mol. The second-order valence-electron chi connectivity index (χ2n) is 5.80. The Morgan fingerprint density at radius 2 is 2.08 bits per heavy atom. The number of benzene rings is 1. The minimum atomic E-state index is 0.354. The molecule has 122 valence electrons. The minimum absolute atomic E-state index is 0.354. The van der Waals surface area contributed by atoms with Gasteiger partial charge in [-0.3, -0.25) is 4.98 Å². The highest BCUT2D eigenvalue weighted by Gasteiger charge is 2.18. The van der Waals surface area contributed by atoms with Crippen molar-refractivity contribution in [3.8, 4) is 0 Å². The Morgan fingerprint density at radius 1 is 1.12 bits per heavy atom. The summed E-state index contributed by atoms with van der Waals surface area (Å²) in [7, 11) is 0. The van der Waals surface area contributed by atoms with Gasteiger partial charge in [-0.05, 0) is 46.5 Å². The van der Waals surface area contributed by atoms with Gasteiger partial charge in [-0.2, -0.15) is 10.1 Å². The van der Waals surface area contributed by atoms with E-state index in [1.807, 2.05) is 24.3 Å². The van der Waals surface area contributed by atoms with Gasteiger partial charge in [0.25, 0.3) is 5.95 Å². The molecule has 0 fully saturated rings. The number of H-pyrrole nitrogens is 1. The predicted octanol–water partition coefficient (Wildman–Crippen LogP) is 3.43. The molecule has 2 N–H and O–H groups in total. The summed E-state index contributed by atoms with van der Waals surface area (Å²) in [6.45, 7) is 0. The van der Waals surface area contributed by atoms with Crippen LogP contribution in [0, 0.1) is 0 Å². The van der Waals surface area contributed by atoms with Crippen molar-refractivity contribution in [2.24, 2.45) is 5.10 Å². The van der Waals surface area contributed by atoms with E-state index in [2.05, 4.69) is 57.7 Å². The smallest absolute Gasteiger partial charge is 0.265 e. The van der Waals surface area contributed by atoms with Crippen molar-refractivity contribution in [2.75, 3.05) is 5.43 Å². The van der Waals surface area contributed by atoms with Crippen LogP contribution in [-0.4, -0.2) is 30.9 Å². The summed E-state index contributed by atoms with van der Waals surface area (Å²) in [5.74, 6) is 0.354. The van der Waals surface area contributed by atoms with E-state index in [1.54, 1.807) is 6.20 Å². The van der Waals surface area contributed by atoms with E-state index in [0.29, 0.717) is 11.6 Å². The van der Waals surface area contributed by atoms with E-state index >= 15 is 0 Å². The molecule has 0 unspecified atom stereocenters. The number of aryl methyl sites for hydroxylation is 1. The topological polar surface area (TPSA) is 91.7 Å². The average Bonchev–Trinajstić information content (AvgIpc) is 3.22. The van der Waals surface area contributed by atoms with Crippen molar-refractivity contribution < 1.29 is 0 Å². The molecule has 0 saturated carbocycles. The Bertz CT molecular complexity index is 1150. The van der Waals surface area contributed by atoms with Gasteiger partial charge < -0.3 is 4.98 Å². The van der Waals surface area contributed by atoms with E-state index < -0.39 is 0 Å². The fourth-order valence-corrected chi connectivity index (χ4v) is 3.57. The van der Waals surface area contributed by atoms with Crippen LogP contribution >= 0.6 is 15.9 Å². The van der Waals surface area contributed by atoms with E-state index in [0.717, 1.165) is 45.1 Å². The van der Waals surface area contributed by atoms with Gasteiger partial charge in [-0.15, -0.1) is 10.2 Å². The van der Waals surface area contributed by atoms with Crippen LogP contribution in [0.2, 0.25) is 0 Å². The third-order valence-electron chi connectivity index (χ3n) is 4.29. The molecule has 0 atom stereocenters. The molecule has 7 nitrogen and oxygen atoms in total. The fourth-order valence-electron chi connectivity index (χ4n) is 3.11. The largest absolute Gasteiger partial charge is 0.337 e. The number of pyridine rings is 1. The molecule has 0 amide bonds. The van der Waals surface area contributed by atoms with Crippen molar-refractivity contribution in [1.82, 2.24) is 25.1 Å². The number of aromatic amines is 1. The van der Waals surface area contributed by atoms with Crippen LogP contribution in [-0.2, 0) is 6.42 Å². The fraction of sp³-hybridized carbons (Fsp3) is 0.118. The number of halogens is 1. The molecule has 8 heteroatoms. The van der Waals surface area contributed by atoms with Crippen LogP contribution in [0.25, 0.3) is 22.1 Å². The lowest BCUT2D eigenvalue weighted by molar-refractivity contribution is 1.00. The molecule has 0 bridgehead atoms. The molecule has 0 saturated heterocycles. The van der Waals surface area contributed by atoms with Gasteiger partial charge >= 0.3 is 0 Å². The highest BCUT2D eigenvalue weighted by atomic mass is 79.9. The standard InChI is InChI=1S/C17H12BrN7/c18-11-5-1-4-10-14(11)20-16-15(10)23-25-17(21-16)24-22-12-7-6-9-3-2-8-19-13(9)12/h1-5,8H,6-7H2,(H2,20,21,24,25)/b22-12+. The first-order valence-electron chi connectivity index (χ1n) is 7.87. The summed E-state index contributed by atoms with van der Waals surface area (Å²) in [5.41, 5.74) is 8.35. The van der Waals surface area contributed by atoms with E-state index in [9.17, 15) is 0 Å². The molecule has 1 aliphatic carbocycles. The Morgan fingerprint density at radius 3 is 3.04 bits per heavy atom. The third kappa shape index (κ3) is 2.37. The van der Waals surface area contributed by atoms with Crippen molar-refractivity contribution in [1.29, 1.82) is 0 Å². The number of aromatic nitrogens is 5. The number of anilines is 1. The number of hydrogen-bond acceptors (Lipinski definition) is 6. The first-order valence-corrected chi connectivity index (χ1v) is 8.66. The first-order chi connectivity index (χ1) is 12.3. The van der Waals surface area contributed by atoms with Gasteiger partial charge in [0.05, 0.1) is 16.9 Å². The molecule has 0 spiro atoms. The maximum Gasteiger partial charge on any atom is 0.265 e. The lowest BCUT2D eigenvalue weighted by atomic mass is 10.2. The van der Waals surface area contributed by atoms with Gasteiger partial charge in [0.1, 0.15) is 5.52 Å². The SMILES string of the molecule is Brc1cccc2c1[nH]c1nc(N/N=C3\CCc4cccnc43)nnc12. The van der Waals surface area contributed by atoms with E-state index in [4.69, 9.17) is 0 Å². The molecule has 4 aromatic rings. The minimum Gasteiger partial charge on any atom is -0.337 e. The second-order valence-corrected chi connectivity index (χ2v) is 6.66. The van der Waals surface area contributed by atoms with Crippen LogP contribution in [0.1, 0.15) is 17.7 Å². The van der Waals surface area contributed by atoms with E-state index in [1.165, 1.54) is 5.56 Å². The maximum absolute atomic E-state index is 4.48. The van der Waals surface area contributed by atoms with Crippen molar-refractivity contribution >= 4 is 49.7 Å². The third-order valence-corrected chi connectivity index (χ3v) is 4.95. The Balaban J connectivity index is 1.51. The van der Waals surface area contributed by atoms with Crippen molar-refractivity contribution in [3.63, 3.8) is 0 Å². The lowest BCUT2D eigenvalue weighted by Crippen LogP contribution is -2.04. The zero-order valence-electron chi connectivity index (χ0n) is 13.0. The number of nitrogens with one attached hydrogen (secondary N) is 2. The number of hydrazone groups is 1. The van der Waals surface area contributed by atoms with Gasteiger partial charge in [0, 0.05) is 16.1 Å². The number of rotatable bonds is 2. The lowest BCUT2D eigenvalue weighted by Gasteiger charge is -2.00. The Kier molecular flexibility index (Phi) is 3.24. The summed E-state index contributed by atoms with van der Waals surface area (Å²) < 4.78 is 0.966. The summed E-state index contributed by atoms with van der Waals surface area (Å²) in [4.78, 5) is 12.2. The molecular formula is C17H12BrN7. The molecule has 1 aromatic carbocycles. The summed E-state index contributed by atoms with van der Waals surface area (Å²) in [6, 6.07) is 9.95. The predicted molar refractivity (Wildman–Crippen MR) is 99.6 cm³/mol. The first kappa shape index (κ1) is 14.5. The molecule has 3 aromatic heterocycles. The molecule has 3 heterocycles. The quantitative estimate of drug-likeness (QED) is 0.509. The van der Waals surface area contributed by atoms with Crippen LogP contribution in [0.4, 0.5) is 5.95 Å². The van der Waals surface area contributed by atoms with Crippen LogP contribution in [0.5, 0.6) is 0 Å². The van der Waals surface area contributed by atoms with Gasteiger partial charge in [0.2, 0.25) is 0 Å². The van der Waals surface area contributed by atoms with E-state index in [-0.39, 0.29) is 0 Å². The normalized spacial score (nSPS) is 15.2. The molecule has 25 heavy (non-hydrogen) atoms. The van der Waals surface area contributed by atoms with Crippen LogP contribution in [0.15, 0.2) is 46.1 Å². The number of nitrogens with zero attached hydrogens (tertiary/aromatic N) is 5. The van der Waals surface area contributed by atoms with Gasteiger partial charge in [-0.1, -0.05) is 18.2 Å². The summed E-state index contributed by atoms with van der Waals surface area (Å²) in [6.07, 6.45) is 3.60. The molecule has 0 aliphatic heterocycles. The highest BCUT2D eigenvalue weighted by molar-refractivity contribution is 9.10. The van der Waals surface area contributed by atoms with Crippen molar-refractivity contribution in [2.45, 2.75) is 12.8 Å². The average molecular weight is 394 g/mol. The Labute approximate surface area is 150 Å². The van der Waals surface area contributed by atoms with Crippen LogP contribution in [0.3, 0.4) is 0 Å². The summed E-state index contributed by atoms with van der Waals surface area (Å²) >= 11 is 3.53. The summed E-state index contributed by atoms with van der Waals surface area (Å²) in [5, 5.41) is 13.8. The van der Waals surface area contributed by atoms with Gasteiger partial charge in [-0.25, -0.2) is 5.43 Å². The Hall–Kier alpha value is -2.87. The molecular weight excluding hydrogens is 382 g/mol. The number of fused-ring (bicyclic) bond motifs is 4. The number of para-hydroxylation sites is 1. The van der Waals surface area contributed by atoms with Crippen LogP contribution < -0.4 is 5.43 Å². The molecule has 5 rings (SSSR count). The maximum atomic E-state index is 4.48. The zero-order valence-corrected chi connectivity index (χ0v) is 14.6. The zero-order chi connectivity index (χ0) is 16.8. The number of hydrogen-bond donors (Lipinski definition) is 2. The highest BCUT2D eigenvalue weighted by Crippen LogP contribution is 2.28.